The topological polar surface area (TPSA) is 69.3 Å². The molecule has 1 N–H and O–H groups in total. The second-order valence-electron chi connectivity index (χ2n) is 6.74. The number of nitrogens with one attached hydrogen (secondary N) is 1. The van der Waals surface area contributed by atoms with E-state index in [2.05, 4.69) is 10.4 Å². The van der Waals surface area contributed by atoms with Gasteiger partial charge in [-0.25, -0.2) is 0 Å². The lowest BCUT2D eigenvalue weighted by Gasteiger charge is -2.04. The summed E-state index contributed by atoms with van der Waals surface area (Å²) in [6, 6.07) is 15.5. The van der Waals surface area contributed by atoms with E-state index in [0.29, 0.717) is 33.1 Å². The van der Waals surface area contributed by atoms with Crippen LogP contribution in [0.25, 0.3) is 0 Å². The van der Waals surface area contributed by atoms with E-state index in [1.807, 2.05) is 6.07 Å². The van der Waals surface area contributed by atoms with Gasteiger partial charge in [0.25, 0.3) is 5.91 Å². The molecule has 10 heteroatoms. The molecular formula is C22H15Cl4N3O3. The number of furan rings is 1. The fraction of sp³-hybridized carbons (Fsp3) is 0.0909. The summed E-state index contributed by atoms with van der Waals surface area (Å²) in [4.78, 5) is 12.5. The second kappa shape index (κ2) is 9.88. The third-order valence-corrected chi connectivity index (χ3v) is 5.59. The van der Waals surface area contributed by atoms with E-state index in [4.69, 9.17) is 55.6 Å². The van der Waals surface area contributed by atoms with Gasteiger partial charge in [-0.15, -0.1) is 0 Å². The highest BCUT2D eigenvalue weighted by atomic mass is 35.5. The van der Waals surface area contributed by atoms with E-state index in [-0.39, 0.29) is 23.2 Å². The van der Waals surface area contributed by atoms with Crippen molar-refractivity contribution >= 4 is 58.1 Å². The van der Waals surface area contributed by atoms with Gasteiger partial charge in [0.1, 0.15) is 23.1 Å². The highest BCUT2D eigenvalue weighted by Crippen LogP contribution is 2.25. The summed E-state index contributed by atoms with van der Waals surface area (Å²) in [5.74, 6) is 0.904. The number of carbonyl (C=O) groups is 1. The van der Waals surface area contributed by atoms with E-state index in [1.54, 1.807) is 59.4 Å². The summed E-state index contributed by atoms with van der Waals surface area (Å²) in [5.41, 5.74) is 0.881. The van der Waals surface area contributed by atoms with Gasteiger partial charge in [-0.2, -0.15) is 5.10 Å². The Labute approximate surface area is 203 Å². The van der Waals surface area contributed by atoms with Gasteiger partial charge >= 0.3 is 0 Å². The molecule has 0 aliphatic rings. The van der Waals surface area contributed by atoms with Crippen molar-refractivity contribution in [1.29, 1.82) is 0 Å². The van der Waals surface area contributed by atoms with E-state index in [9.17, 15) is 4.79 Å². The largest absolute Gasteiger partial charge is 0.486 e. The van der Waals surface area contributed by atoms with Gasteiger partial charge in [-0.05, 0) is 48.0 Å². The lowest BCUT2D eigenvalue weighted by molar-refractivity contribution is 0.0992. The van der Waals surface area contributed by atoms with Crippen LogP contribution in [0.5, 0.6) is 5.75 Å². The van der Waals surface area contributed by atoms with Crippen LogP contribution in [0.15, 0.2) is 65.2 Å². The Bertz CT molecular complexity index is 1270. The van der Waals surface area contributed by atoms with Gasteiger partial charge in [-0.1, -0.05) is 58.5 Å². The number of hydrogen-bond donors (Lipinski definition) is 1. The molecule has 0 atom stereocenters. The molecule has 6 nitrogen and oxygen atoms in total. The molecule has 0 saturated heterocycles. The first-order valence-electron chi connectivity index (χ1n) is 9.33. The fourth-order valence-electron chi connectivity index (χ4n) is 2.85. The smallest absolute Gasteiger partial charge is 0.292 e. The van der Waals surface area contributed by atoms with Crippen LogP contribution >= 0.6 is 46.4 Å². The SMILES string of the molecule is O=C(Nc1nn(Cc2ccc(Cl)c(Cl)c2)cc1Cl)c1ccc(COc2cccc(Cl)c2)o1. The summed E-state index contributed by atoms with van der Waals surface area (Å²) in [6.07, 6.45) is 1.60. The van der Waals surface area contributed by atoms with Gasteiger partial charge < -0.3 is 14.5 Å². The third-order valence-electron chi connectivity index (χ3n) is 4.34. The molecule has 4 aromatic rings. The normalized spacial score (nSPS) is 10.9. The van der Waals surface area contributed by atoms with Crippen LogP contribution in [0.2, 0.25) is 20.1 Å². The van der Waals surface area contributed by atoms with Crippen LogP contribution in [-0.2, 0) is 13.2 Å². The number of nitrogens with zero attached hydrogens (tertiary/aromatic N) is 2. The monoisotopic (exact) mass is 509 g/mol. The Morgan fingerprint density at radius 1 is 1.00 bits per heavy atom. The summed E-state index contributed by atoms with van der Waals surface area (Å²) in [5, 5.41) is 8.73. The Morgan fingerprint density at radius 3 is 2.62 bits per heavy atom. The minimum Gasteiger partial charge on any atom is -0.486 e. The maximum Gasteiger partial charge on any atom is 0.292 e. The zero-order chi connectivity index (χ0) is 22.7. The number of aromatic nitrogens is 2. The van der Waals surface area contributed by atoms with Crippen LogP contribution in [0.4, 0.5) is 5.82 Å². The number of anilines is 1. The van der Waals surface area contributed by atoms with E-state index in [1.165, 1.54) is 0 Å². The zero-order valence-electron chi connectivity index (χ0n) is 16.3. The molecule has 4 rings (SSSR count). The van der Waals surface area contributed by atoms with Crippen LogP contribution in [0.3, 0.4) is 0 Å². The Kier molecular flexibility index (Phi) is 6.96. The van der Waals surface area contributed by atoms with Crippen molar-refractivity contribution in [1.82, 2.24) is 9.78 Å². The molecular weight excluding hydrogens is 496 g/mol. The molecule has 2 aromatic heterocycles. The molecule has 0 saturated carbocycles. The Hall–Kier alpha value is -2.64. The standard InChI is InChI=1S/C22H15Cl4N3O3/c23-14-2-1-3-15(9-14)31-12-16-5-7-20(32-16)22(30)27-21-19(26)11-29(28-21)10-13-4-6-17(24)18(25)8-13/h1-9,11H,10,12H2,(H,27,28,30). The molecule has 1 amide bonds. The molecule has 32 heavy (non-hydrogen) atoms. The van der Waals surface area contributed by atoms with Crippen LogP contribution in [0.1, 0.15) is 21.9 Å². The number of amides is 1. The highest BCUT2D eigenvalue weighted by molar-refractivity contribution is 6.42. The molecule has 0 spiro atoms. The summed E-state index contributed by atoms with van der Waals surface area (Å²) >= 11 is 24.2. The van der Waals surface area contributed by atoms with E-state index in [0.717, 1.165) is 5.56 Å². The molecule has 164 valence electrons. The maximum absolute atomic E-state index is 12.5. The molecule has 2 aromatic carbocycles. The van der Waals surface area contributed by atoms with Gasteiger partial charge in [0.05, 0.1) is 16.6 Å². The van der Waals surface area contributed by atoms with Crippen molar-refractivity contribution in [2.24, 2.45) is 0 Å². The maximum atomic E-state index is 12.5. The molecule has 0 bridgehead atoms. The lowest BCUT2D eigenvalue weighted by Crippen LogP contribution is -2.12. The van der Waals surface area contributed by atoms with Crippen LogP contribution < -0.4 is 10.1 Å². The molecule has 0 fully saturated rings. The fourth-order valence-corrected chi connectivity index (χ4v) is 3.54. The van der Waals surface area contributed by atoms with Gasteiger partial charge in [0.15, 0.2) is 11.6 Å². The summed E-state index contributed by atoms with van der Waals surface area (Å²) < 4.78 is 12.8. The number of benzene rings is 2. The lowest BCUT2D eigenvalue weighted by atomic mass is 10.2. The number of rotatable bonds is 7. The first kappa shape index (κ1) is 22.6. The zero-order valence-corrected chi connectivity index (χ0v) is 19.3. The average Bonchev–Trinajstić information content (AvgIpc) is 3.36. The molecule has 0 radical (unpaired) electrons. The number of carbonyl (C=O) groups excluding carboxylic acids is 1. The summed E-state index contributed by atoms with van der Waals surface area (Å²) in [6.45, 7) is 0.547. The van der Waals surface area contributed by atoms with E-state index >= 15 is 0 Å². The third kappa shape index (κ3) is 5.58. The van der Waals surface area contributed by atoms with Crippen molar-refractivity contribution in [3.8, 4) is 5.75 Å². The van der Waals surface area contributed by atoms with Gasteiger partial charge in [0, 0.05) is 11.2 Å². The number of hydrogen-bond acceptors (Lipinski definition) is 4. The van der Waals surface area contributed by atoms with Crippen LogP contribution in [-0.4, -0.2) is 15.7 Å². The first-order chi connectivity index (χ1) is 15.4. The van der Waals surface area contributed by atoms with Crippen molar-refractivity contribution in [2.75, 3.05) is 5.32 Å². The van der Waals surface area contributed by atoms with Crippen molar-refractivity contribution < 1.29 is 13.9 Å². The predicted molar refractivity (Wildman–Crippen MR) is 125 cm³/mol. The highest BCUT2D eigenvalue weighted by Gasteiger charge is 2.16. The van der Waals surface area contributed by atoms with Crippen molar-refractivity contribution in [2.45, 2.75) is 13.2 Å². The van der Waals surface area contributed by atoms with Gasteiger partial charge in [0.2, 0.25) is 0 Å². The Morgan fingerprint density at radius 2 is 1.84 bits per heavy atom. The van der Waals surface area contributed by atoms with Gasteiger partial charge in [-0.3, -0.25) is 9.48 Å². The molecule has 0 unspecified atom stereocenters. The second-order valence-corrected chi connectivity index (χ2v) is 8.40. The van der Waals surface area contributed by atoms with E-state index < -0.39 is 5.91 Å². The van der Waals surface area contributed by atoms with Crippen molar-refractivity contribution in [3.05, 3.63) is 98.0 Å². The minimum atomic E-state index is -0.485. The number of ether oxygens (including phenoxy) is 1. The predicted octanol–water partition coefficient (Wildman–Crippen LogP) is 6.97. The summed E-state index contributed by atoms with van der Waals surface area (Å²) in [7, 11) is 0. The quantitative estimate of drug-likeness (QED) is 0.291. The molecule has 0 aliphatic heterocycles. The molecule has 0 aliphatic carbocycles. The minimum absolute atomic E-state index is 0.102. The van der Waals surface area contributed by atoms with Crippen molar-refractivity contribution in [3.63, 3.8) is 0 Å². The Balaban J connectivity index is 1.38. The number of halogens is 4. The molecule has 2 heterocycles. The first-order valence-corrected chi connectivity index (χ1v) is 10.8. The average molecular weight is 511 g/mol. The van der Waals surface area contributed by atoms with Crippen LogP contribution in [0, 0.1) is 0 Å².